The van der Waals surface area contributed by atoms with E-state index in [1.165, 1.54) is 0 Å². The van der Waals surface area contributed by atoms with Gasteiger partial charge in [0.25, 0.3) is 9.04 Å². The van der Waals surface area contributed by atoms with Crippen LogP contribution in [0, 0.1) is 0 Å². The lowest BCUT2D eigenvalue weighted by atomic mass is 10.3. The molecular formula is C18H14O2Si2. The van der Waals surface area contributed by atoms with Crippen LogP contribution in [-0.4, -0.2) is 19.5 Å². The molecule has 4 heteroatoms. The maximum absolute atomic E-state index is 6.04. The van der Waals surface area contributed by atoms with E-state index in [2.05, 4.69) is 28.7 Å². The summed E-state index contributed by atoms with van der Waals surface area (Å²) in [6, 6.07) is 28.0. The van der Waals surface area contributed by atoms with Gasteiger partial charge in [0.15, 0.2) is 0 Å². The molecule has 3 aromatic rings. The zero-order valence-corrected chi connectivity index (χ0v) is 13.9. The Balaban J connectivity index is 1.96. The molecule has 0 amide bonds. The Hall–Kier alpha value is -2.15. The summed E-state index contributed by atoms with van der Waals surface area (Å²) in [6.07, 6.45) is 0. The van der Waals surface area contributed by atoms with Gasteiger partial charge in [-0.25, -0.2) is 0 Å². The molecule has 0 saturated carbocycles. The lowest BCUT2D eigenvalue weighted by Gasteiger charge is -2.17. The highest BCUT2D eigenvalue weighted by Crippen LogP contribution is 2.19. The van der Waals surface area contributed by atoms with E-state index in [-0.39, 0.29) is 0 Å². The predicted molar refractivity (Wildman–Crippen MR) is 91.3 cm³/mol. The van der Waals surface area contributed by atoms with E-state index in [1.54, 1.807) is 0 Å². The molecule has 0 bridgehead atoms. The van der Waals surface area contributed by atoms with Crippen LogP contribution in [0.3, 0.4) is 0 Å². The van der Waals surface area contributed by atoms with Gasteiger partial charge in [0.2, 0.25) is 10.5 Å². The Morgan fingerprint density at radius 1 is 0.682 bits per heavy atom. The standard InChI is InChI=1S/C18H14O2Si2/c21-20-22(16-11-5-2-6-12-16)18-14-8-7-13-17(18)19-15-9-3-1-4-10-15/h1-14H. The Labute approximate surface area is 135 Å². The Bertz CT molecular complexity index is 717. The van der Waals surface area contributed by atoms with Crippen LogP contribution in [0.15, 0.2) is 84.9 Å². The first kappa shape index (κ1) is 14.8. The summed E-state index contributed by atoms with van der Waals surface area (Å²) in [5.41, 5.74) is 0. The molecule has 0 fully saturated rings. The number of ether oxygens (including phenoxy) is 1. The second-order valence-electron chi connectivity index (χ2n) is 4.71. The second kappa shape index (κ2) is 7.22. The first-order valence-electron chi connectivity index (χ1n) is 6.97. The van der Waals surface area contributed by atoms with Crippen LogP contribution in [0.1, 0.15) is 0 Å². The number of hydrogen-bond donors (Lipinski definition) is 0. The maximum atomic E-state index is 6.04. The van der Waals surface area contributed by atoms with Gasteiger partial charge in [-0.3, -0.25) is 0 Å². The van der Waals surface area contributed by atoms with Crippen molar-refractivity contribution in [3.05, 3.63) is 84.9 Å². The fourth-order valence-corrected chi connectivity index (χ4v) is 4.54. The summed E-state index contributed by atoms with van der Waals surface area (Å²) >= 11 is 0. The van der Waals surface area contributed by atoms with Crippen LogP contribution in [0.5, 0.6) is 11.5 Å². The van der Waals surface area contributed by atoms with Crippen molar-refractivity contribution < 1.29 is 8.85 Å². The highest BCUT2D eigenvalue weighted by atomic mass is 28.3. The van der Waals surface area contributed by atoms with Crippen LogP contribution in [0.2, 0.25) is 0 Å². The summed E-state index contributed by atoms with van der Waals surface area (Å²) in [5.74, 6) is 1.64. The molecule has 0 aromatic heterocycles. The molecule has 0 aliphatic carbocycles. The maximum Gasteiger partial charge on any atom is 0.275 e. The van der Waals surface area contributed by atoms with Gasteiger partial charge in [-0.2, -0.15) is 0 Å². The molecule has 0 spiro atoms. The normalized spacial score (nSPS) is 10.6. The van der Waals surface area contributed by atoms with Crippen LogP contribution in [0.4, 0.5) is 0 Å². The predicted octanol–water partition coefficient (Wildman–Crippen LogP) is 2.68. The van der Waals surface area contributed by atoms with Crippen molar-refractivity contribution in [3.8, 4) is 11.5 Å². The minimum absolute atomic E-state index is 0.818. The molecule has 0 atom stereocenters. The van der Waals surface area contributed by atoms with E-state index >= 15 is 0 Å². The van der Waals surface area contributed by atoms with Gasteiger partial charge < -0.3 is 8.85 Å². The minimum atomic E-state index is -1.40. The quantitative estimate of drug-likeness (QED) is 0.674. The largest absolute Gasteiger partial charge is 0.457 e. The lowest BCUT2D eigenvalue weighted by Crippen LogP contribution is -2.44. The molecule has 106 valence electrons. The smallest absolute Gasteiger partial charge is 0.275 e. The van der Waals surface area contributed by atoms with E-state index in [9.17, 15) is 0 Å². The van der Waals surface area contributed by atoms with Gasteiger partial charge in [-0.05, 0) is 23.4 Å². The zero-order chi connectivity index (χ0) is 15.2. The molecule has 3 aromatic carbocycles. The molecule has 0 aliphatic rings. The summed E-state index contributed by atoms with van der Waals surface area (Å²) in [5, 5.41) is 2.23. The molecule has 0 aliphatic heterocycles. The number of rotatable bonds is 5. The van der Waals surface area contributed by atoms with Crippen molar-refractivity contribution in [2.75, 3.05) is 0 Å². The third kappa shape index (κ3) is 3.36. The van der Waals surface area contributed by atoms with E-state index < -0.39 is 9.04 Å². The SMILES string of the molecule is [Si]O[Si](c1ccccc1)c1ccccc1Oc1ccccc1. The van der Waals surface area contributed by atoms with Crippen molar-refractivity contribution in [3.63, 3.8) is 0 Å². The van der Waals surface area contributed by atoms with Gasteiger partial charge in [0, 0.05) is 5.19 Å². The molecule has 0 N–H and O–H groups in total. The zero-order valence-electron chi connectivity index (χ0n) is 11.9. The van der Waals surface area contributed by atoms with Crippen molar-refractivity contribution in [2.24, 2.45) is 0 Å². The third-order valence-corrected chi connectivity index (χ3v) is 5.82. The average molecular weight is 318 g/mol. The first-order valence-corrected chi connectivity index (χ1v) is 8.78. The summed E-state index contributed by atoms with van der Waals surface area (Å²) in [7, 11) is 1.85. The monoisotopic (exact) mass is 318 g/mol. The van der Waals surface area contributed by atoms with Crippen LogP contribution < -0.4 is 15.1 Å². The lowest BCUT2D eigenvalue weighted by molar-refractivity contribution is 0.485. The topological polar surface area (TPSA) is 18.5 Å². The molecule has 3 rings (SSSR count). The third-order valence-electron chi connectivity index (χ3n) is 3.24. The van der Waals surface area contributed by atoms with Crippen molar-refractivity contribution in [1.29, 1.82) is 0 Å². The summed E-state index contributed by atoms with van der Waals surface area (Å²) in [4.78, 5) is 0. The number of para-hydroxylation sites is 2. The van der Waals surface area contributed by atoms with Gasteiger partial charge in [0.1, 0.15) is 11.5 Å². The van der Waals surface area contributed by atoms with Crippen LogP contribution >= 0.6 is 0 Å². The molecule has 2 nitrogen and oxygen atoms in total. The van der Waals surface area contributed by atoms with E-state index in [4.69, 9.17) is 8.85 Å². The van der Waals surface area contributed by atoms with Gasteiger partial charge in [-0.15, -0.1) is 0 Å². The van der Waals surface area contributed by atoms with Crippen molar-refractivity contribution >= 4 is 29.9 Å². The molecular weight excluding hydrogens is 304 g/mol. The molecule has 22 heavy (non-hydrogen) atoms. The highest BCUT2D eigenvalue weighted by molar-refractivity contribution is 6.82. The molecule has 4 radical (unpaired) electrons. The van der Waals surface area contributed by atoms with Crippen molar-refractivity contribution in [2.45, 2.75) is 0 Å². The Morgan fingerprint density at radius 3 is 1.95 bits per heavy atom. The van der Waals surface area contributed by atoms with Crippen LogP contribution in [-0.2, 0) is 4.12 Å². The Morgan fingerprint density at radius 2 is 1.27 bits per heavy atom. The van der Waals surface area contributed by atoms with Gasteiger partial charge >= 0.3 is 0 Å². The first-order chi connectivity index (χ1) is 10.9. The van der Waals surface area contributed by atoms with Crippen LogP contribution in [0.25, 0.3) is 0 Å². The second-order valence-corrected chi connectivity index (χ2v) is 7.30. The number of hydrogen-bond acceptors (Lipinski definition) is 2. The van der Waals surface area contributed by atoms with Crippen molar-refractivity contribution in [1.82, 2.24) is 0 Å². The summed E-state index contributed by atoms with van der Waals surface area (Å²) in [6.45, 7) is 0. The van der Waals surface area contributed by atoms with Gasteiger partial charge in [-0.1, -0.05) is 66.7 Å². The van der Waals surface area contributed by atoms with E-state index in [0.717, 1.165) is 21.9 Å². The van der Waals surface area contributed by atoms with Gasteiger partial charge in [0.05, 0.1) is 0 Å². The Kier molecular flexibility index (Phi) is 4.85. The fourth-order valence-electron chi connectivity index (χ4n) is 2.22. The highest BCUT2D eigenvalue weighted by Gasteiger charge is 2.21. The molecule has 0 saturated heterocycles. The fraction of sp³-hybridized carbons (Fsp3) is 0. The summed E-state index contributed by atoms with van der Waals surface area (Å²) < 4.78 is 11.7. The average Bonchev–Trinajstić information content (AvgIpc) is 2.59. The molecule has 0 unspecified atom stereocenters. The number of benzene rings is 3. The minimum Gasteiger partial charge on any atom is -0.457 e. The molecule has 0 heterocycles. The van der Waals surface area contributed by atoms with E-state index in [1.807, 2.05) is 66.7 Å². The van der Waals surface area contributed by atoms with E-state index in [0.29, 0.717) is 0 Å².